The van der Waals surface area contributed by atoms with Crippen LogP contribution >= 0.6 is 0 Å². The Balaban J connectivity index is 2.52. The number of hydrogen-bond acceptors (Lipinski definition) is 1. The summed E-state index contributed by atoms with van der Waals surface area (Å²) in [6, 6.07) is 10.5. The van der Waals surface area contributed by atoms with Crippen molar-refractivity contribution in [3.63, 3.8) is 0 Å². The summed E-state index contributed by atoms with van der Waals surface area (Å²) in [5, 5.41) is 10.1. The van der Waals surface area contributed by atoms with Gasteiger partial charge in [-0.15, -0.1) is 0 Å². The van der Waals surface area contributed by atoms with E-state index in [1.54, 1.807) is 0 Å². The highest BCUT2D eigenvalue weighted by molar-refractivity contribution is 5.54. The zero-order chi connectivity index (χ0) is 13.3. The molecule has 2 aromatic rings. The fourth-order valence-corrected chi connectivity index (χ4v) is 2.44. The molecular weight excluding hydrogens is 220 g/mol. The van der Waals surface area contributed by atoms with E-state index in [4.69, 9.17) is 0 Å². The van der Waals surface area contributed by atoms with Gasteiger partial charge in [0.2, 0.25) is 0 Å². The molecule has 0 fully saturated rings. The Morgan fingerprint density at radius 1 is 0.778 bits per heavy atom. The second kappa shape index (κ2) is 4.85. The lowest BCUT2D eigenvalue weighted by Crippen LogP contribution is -2.01. The molecule has 0 saturated carbocycles. The molecule has 0 aliphatic heterocycles. The third kappa shape index (κ3) is 2.13. The van der Waals surface area contributed by atoms with Gasteiger partial charge < -0.3 is 5.11 Å². The normalized spacial score (nSPS) is 10.7. The van der Waals surface area contributed by atoms with Crippen LogP contribution in [0.2, 0.25) is 0 Å². The zero-order valence-electron chi connectivity index (χ0n) is 11.5. The standard InChI is InChI=1S/C17H20O/c1-11-13(3)17(18)14(4)12(2)16(11)10-15-8-6-5-7-9-15/h5-9,18H,10H2,1-4H3. The van der Waals surface area contributed by atoms with Crippen molar-refractivity contribution in [2.24, 2.45) is 0 Å². The number of benzene rings is 2. The summed E-state index contributed by atoms with van der Waals surface area (Å²) in [5.74, 6) is 0.446. The average molecular weight is 240 g/mol. The Hall–Kier alpha value is -1.76. The molecule has 2 rings (SSSR count). The molecule has 18 heavy (non-hydrogen) atoms. The molecule has 0 radical (unpaired) electrons. The first-order chi connectivity index (χ1) is 8.52. The predicted octanol–water partition coefficient (Wildman–Crippen LogP) is 4.22. The lowest BCUT2D eigenvalue weighted by Gasteiger charge is -2.17. The maximum Gasteiger partial charge on any atom is 0.121 e. The van der Waals surface area contributed by atoms with E-state index >= 15 is 0 Å². The molecule has 0 spiro atoms. The first-order valence-corrected chi connectivity index (χ1v) is 6.34. The summed E-state index contributed by atoms with van der Waals surface area (Å²) in [6.07, 6.45) is 0.931. The van der Waals surface area contributed by atoms with Crippen LogP contribution in [0, 0.1) is 27.7 Å². The van der Waals surface area contributed by atoms with Crippen molar-refractivity contribution in [2.75, 3.05) is 0 Å². The van der Waals surface area contributed by atoms with Crippen LogP contribution in [0.1, 0.15) is 33.4 Å². The molecule has 0 aliphatic rings. The number of phenols is 1. The number of rotatable bonds is 2. The molecule has 1 N–H and O–H groups in total. The lowest BCUT2D eigenvalue weighted by molar-refractivity contribution is 0.465. The fraction of sp³-hybridized carbons (Fsp3) is 0.294. The predicted molar refractivity (Wildman–Crippen MR) is 76.3 cm³/mol. The monoisotopic (exact) mass is 240 g/mol. The number of aromatic hydroxyl groups is 1. The number of phenolic OH excluding ortho intramolecular Hbond substituents is 1. The van der Waals surface area contributed by atoms with Crippen molar-refractivity contribution in [3.05, 3.63) is 63.7 Å². The van der Waals surface area contributed by atoms with Crippen molar-refractivity contribution in [2.45, 2.75) is 34.1 Å². The minimum absolute atomic E-state index is 0.446. The minimum Gasteiger partial charge on any atom is -0.507 e. The molecular formula is C17H20O. The summed E-state index contributed by atoms with van der Waals surface area (Å²) in [4.78, 5) is 0. The second-order valence-electron chi connectivity index (χ2n) is 4.99. The van der Waals surface area contributed by atoms with E-state index in [1.165, 1.54) is 22.3 Å². The van der Waals surface area contributed by atoms with Gasteiger partial charge in [0.05, 0.1) is 0 Å². The van der Waals surface area contributed by atoms with E-state index in [-0.39, 0.29) is 0 Å². The minimum atomic E-state index is 0.446. The van der Waals surface area contributed by atoms with Gasteiger partial charge in [-0.05, 0) is 67.5 Å². The molecule has 0 heterocycles. The summed E-state index contributed by atoms with van der Waals surface area (Å²) in [6.45, 7) is 8.18. The van der Waals surface area contributed by atoms with Crippen molar-refractivity contribution < 1.29 is 5.11 Å². The first-order valence-electron chi connectivity index (χ1n) is 6.34. The molecule has 1 heteroatoms. The molecule has 0 amide bonds. The summed E-state index contributed by atoms with van der Waals surface area (Å²) in [7, 11) is 0. The van der Waals surface area contributed by atoms with Gasteiger partial charge in [-0.3, -0.25) is 0 Å². The molecule has 0 aliphatic carbocycles. The van der Waals surface area contributed by atoms with Gasteiger partial charge >= 0.3 is 0 Å². The Labute approximate surface area is 109 Å². The number of hydrogen-bond donors (Lipinski definition) is 1. The van der Waals surface area contributed by atoms with Gasteiger partial charge in [-0.25, -0.2) is 0 Å². The summed E-state index contributed by atoms with van der Waals surface area (Å²) in [5.41, 5.74) is 7.08. The topological polar surface area (TPSA) is 20.2 Å². The van der Waals surface area contributed by atoms with E-state index in [0.29, 0.717) is 5.75 Å². The molecule has 0 bridgehead atoms. The average Bonchev–Trinajstić information content (AvgIpc) is 2.40. The van der Waals surface area contributed by atoms with Crippen LogP contribution in [-0.2, 0) is 6.42 Å². The van der Waals surface area contributed by atoms with Crippen LogP contribution in [0.25, 0.3) is 0 Å². The first kappa shape index (κ1) is 12.7. The quantitative estimate of drug-likeness (QED) is 0.833. The summed E-state index contributed by atoms with van der Waals surface area (Å²) >= 11 is 0. The molecule has 0 atom stereocenters. The molecule has 0 saturated heterocycles. The van der Waals surface area contributed by atoms with Gasteiger partial charge in [-0.1, -0.05) is 30.3 Å². The van der Waals surface area contributed by atoms with Crippen LogP contribution < -0.4 is 0 Å². The second-order valence-corrected chi connectivity index (χ2v) is 4.99. The SMILES string of the molecule is Cc1c(C)c(Cc2ccccc2)c(C)c(C)c1O. The molecule has 94 valence electrons. The molecule has 0 aromatic heterocycles. The molecule has 0 unspecified atom stereocenters. The summed E-state index contributed by atoms with van der Waals surface area (Å²) < 4.78 is 0. The third-order valence-electron chi connectivity index (χ3n) is 3.96. The molecule has 2 aromatic carbocycles. The Morgan fingerprint density at radius 3 is 1.78 bits per heavy atom. The van der Waals surface area contributed by atoms with Crippen molar-refractivity contribution in [1.82, 2.24) is 0 Å². The van der Waals surface area contributed by atoms with Gasteiger partial charge in [0.15, 0.2) is 0 Å². The third-order valence-corrected chi connectivity index (χ3v) is 3.96. The van der Waals surface area contributed by atoms with E-state index in [9.17, 15) is 5.11 Å². The van der Waals surface area contributed by atoms with Crippen molar-refractivity contribution in [1.29, 1.82) is 0 Å². The van der Waals surface area contributed by atoms with E-state index in [1.807, 2.05) is 19.9 Å². The highest BCUT2D eigenvalue weighted by atomic mass is 16.3. The Kier molecular flexibility index (Phi) is 3.42. The maximum atomic E-state index is 10.1. The van der Waals surface area contributed by atoms with Gasteiger partial charge in [0, 0.05) is 0 Å². The van der Waals surface area contributed by atoms with Crippen LogP contribution in [0.4, 0.5) is 0 Å². The van der Waals surface area contributed by atoms with E-state index in [2.05, 4.69) is 38.1 Å². The van der Waals surface area contributed by atoms with Gasteiger partial charge in [0.25, 0.3) is 0 Å². The van der Waals surface area contributed by atoms with Gasteiger partial charge in [-0.2, -0.15) is 0 Å². The van der Waals surface area contributed by atoms with Gasteiger partial charge in [0.1, 0.15) is 5.75 Å². The maximum absolute atomic E-state index is 10.1. The van der Waals surface area contributed by atoms with Crippen LogP contribution in [0.5, 0.6) is 5.75 Å². The highest BCUT2D eigenvalue weighted by Gasteiger charge is 2.13. The largest absolute Gasteiger partial charge is 0.507 e. The lowest BCUT2D eigenvalue weighted by atomic mass is 9.89. The van der Waals surface area contributed by atoms with Crippen LogP contribution in [-0.4, -0.2) is 5.11 Å². The van der Waals surface area contributed by atoms with Crippen LogP contribution in [0.3, 0.4) is 0 Å². The fourth-order valence-electron chi connectivity index (χ4n) is 2.44. The van der Waals surface area contributed by atoms with E-state index in [0.717, 1.165) is 17.5 Å². The van der Waals surface area contributed by atoms with Crippen molar-refractivity contribution in [3.8, 4) is 5.75 Å². The van der Waals surface area contributed by atoms with Crippen molar-refractivity contribution >= 4 is 0 Å². The zero-order valence-corrected chi connectivity index (χ0v) is 11.5. The van der Waals surface area contributed by atoms with Crippen LogP contribution in [0.15, 0.2) is 30.3 Å². The Morgan fingerprint density at radius 2 is 1.28 bits per heavy atom. The highest BCUT2D eigenvalue weighted by Crippen LogP contribution is 2.32. The Bertz CT molecular complexity index is 539. The smallest absolute Gasteiger partial charge is 0.121 e. The van der Waals surface area contributed by atoms with E-state index < -0.39 is 0 Å². The molecule has 1 nitrogen and oxygen atoms in total.